The van der Waals surface area contributed by atoms with E-state index in [4.69, 9.17) is 9.47 Å². The number of rotatable bonds is 3. The number of aliphatic hydroxyl groups is 3. The molecular formula is C23H37NO5. The Morgan fingerprint density at radius 3 is 2.55 bits per heavy atom. The average Bonchev–Trinajstić information content (AvgIpc) is 3.09. The summed E-state index contributed by atoms with van der Waals surface area (Å²) in [5.74, 6) is -0.264. The maximum Gasteiger partial charge on any atom is 0.0831 e. The van der Waals surface area contributed by atoms with E-state index in [1.807, 2.05) is 0 Å². The SMILES string of the molecule is CCN1CC2(C)CCC(OC)C34C1C(CC23)C1(O)CC(OC)C2CC4(O)C1C2O. The van der Waals surface area contributed by atoms with E-state index < -0.39 is 28.6 Å². The molecule has 12 unspecified atom stereocenters. The Labute approximate surface area is 173 Å². The molecule has 1 saturated heterocycles. The average molecular weight is 408 g/mol. The number of likely N-dealkylation sites (tertiary alicyclic amines) is 1. The minimum atomic E-state index is -1.13. The van der Waals surface area contributed by atoms with Crippen molar-refractivity contribution in [3.05, 3.63) is 0 Å². The van der Waals surface area contributed by atoms with Crippen LogP contribution >= 0.6 is 0 Å². The lowest BCUT2D eigenvalue weighted by Crippen LogP contribution is -2.81. The third kappa shape index (κ3) is 1.78. The van der Waals surface area contributed by atoms with Gasteiger partial charge in [-0.3, -0.25) is 4.90 Å². The summed E-state index contributed by atoms with van der Waals surface area (Å²) < 4.78 is 12.0. The molecule has 5 saturated carbocycles. The Morgan fingerprint density at radius 2 is 1.90 bits per heavy atom. The molecule has 0 aromatic heterocycles. The first-order valence-corrected chi connectivity index (χ1v) is 11.7. The molecule has 0 radical (unpaired) electrons. The highest BCUT2D eigenvalue weighted by Crippen LogP contribution is 2.80. The highest BCUT2D eigenvalue weighted by molar-refractivity contribution is 5.38. The van der Waals surface area contributed by atoms with E-state index in [0.29, 0.717) is 18.8 Å². The summed E-state index contributed by atoms with van der Waals surface area (Å²) in [6.45, 7) is 6.55. The van der Waals surface area contributed by atoms with Gasteiger partial charge in [0.25, 0.3) is 0 Å². The molecule has 3 N–H and O–H groups in total. The van der Waals surface area contributed by atoms with Gasteiger partial charge in [0.2, 0.25) is 0 Å². The van der Waals surface area contributed by atoms with E-state index in [0.717, 1.165) is 32.4 Å². The van der Waals surface area contributed by atoms with Crippen LogP contribution < -0.4 is 0 Å². The van der Waals surface area contributed by atoms with Crippen molar-refractivity contribution in [2.75, 3.05) is 27.3 Å². The largest absolute Gasteiger partial charge is 0.392 e. The lowest BCUT2D eigenvalue weighted by Gasteiger charge is -2.71. The van der Waals surface area contributed by atoms with Gasteiger partial charge in [0.15, 0.2) is 0 Å². The number of ether oxygens (including phenoxy) is 2. The van der Waals surface area contributed by atoms with Crippen molar-refractivity contribution in [3.63, 3.8) is 0 Å². The maximum absolute atomic E-state index is 12.7. The number of nitrogens with zero attached hydrogens (tertiary/aromatic N) is 1. The fraction of sp³-hybridized carbons (Fsp3) is 1.00. The second-order valence-corrected chi connectivity index (χ2v) is 11.5. The summed E-state index contributed by atoms with van der Waals surface area (Å²) >= 11 is 0. The quantitative estimate of drug-likeness (QED) is 0.648. The molecule has 164 valence electrons. The normalized spacial score (nSPS) is 65.1. The topological polar surface area (TPSA) is 82.4 Å². The van der Waals surface area contributed by atoms with Crippen molar-refractivity contribution >= 4 is 0 Å². The zero-order chi connectivity index (χ0) is 20.6. The van der Waals surface area contributed by atoms with E-state index in [1.54, 1.807) is 14.2 Å². The zero-order valence-corrected chi connectivity index (χ0v) is 18.2. The molecular weight excluding hydrogens is 370 g/mol. The van der Waals surface area contributed by atoms with Crippen LogP contribution in [0.25, 0.3) is 0 Å². The summed E-state index contributed by atoms with van der Waals surface area (Å²) in [7, 11) is 3.47. The molecule has 29 heavy (non-hydrogen) atoms. The third-order valence-corrected chi connectivity index (χ3v) is 11.0. The van der Waals surface area contributed by atoms with Gasteiger partial charge in [-0.2, -0.15) is 0 Å². The predicted octanol–water partition coefficient (Wildman–Crippen LogP) is 1.02. The van der Waals surface area contributed by atoms with Crippen LogP contribution in [-0.2, 0) is 9.47 Å². The highest BCUT2D eigenvalue weighted by atomic mass is 16.5. The van der Waals surface area contributed by atoms with Crippen LogP contribution in [0.2, 0.25) is 0 Å². The van der Waals surface area contributed by atoms with Crippen LogP contribution in [0.3, 0.4) is 0 Å². The monoisotopic (exact) mass is 407 g/mol. The number of fused-ring (bicyclic) bond motifs is 2. The molecule has 6 aliphatic rings. The second kappa shape index (κ2) is 5.57. The molecule has 1 heterocycles. The molecule has 1 spiro atoms. The van der Waals surface area contributed by atoms with Crippen molar-refractivity contribution in [2.24, 2.45) is 34.5 Å². The molecule has 0 aromatic carbocycles. The van der Waals surface area contributed by atoms with Gasteiger partial charge in [0.05, 0.1) is 29.5 Å². The predicted molar refractivity (Wildman–Crippen MR) is 106 cm³/mol. The van der Waals surface area contributed by atoms with Crippen LogP contribution in [0.15, 0.2) is 0 Å². The van der Waals surface area contributed by atoms with Crippen LogP contribution in [-0.4, -0.2) is 83.1 Å². The number of hydrogen-bond acceptors (Lipinski definition) is 6. The highest BCUT2D eigenvalue weighted by Gasteiger charge is 2.88. The summed E-state index contributed by atoms with van der Waals surface area (Å²) in [5.41, 5.74) is -2.53. The van der Waals surface area contributed by atoms with Crippen molar-refractivity contribution in [1.82, 2.24) is 4.90 Å². The molecule has 0 amide bonds. The number of hydrogen-bond donors (Lipinski definition) is 3. The molecule has 1 aliphatic heterocycles. The van der Waals surface area contributed by atoms with Crippen molar-refractivity contribution in [3.8, 4) is 0 Å². The third-order valence-electron chi connectivity index (χ3n) is 11.0. The fourth-order valence-corrected chi connectivity index (χ4v) is 10.4. The molecule has 6 heteroatoms. The van der Waals surface area contributed by atoms with Gasteiger partial charge >= 0.3 is 0 Å². The van der Waals surface area contributed by atoms with Crippen molar-refractivity contribution < 1.29 is 24.8 Å². The Hall–Kier alpha value is -0.240. The Bertz CT molecular complexity index is 734. The van der Waals surface area contributed by atoms with E-state index in [9.17, 15) is 15.3 Å². The Kier molecular flexibility index (Phi) is 3.73. The van der Waals surface area contributed by atoms with Crippen LogP contribution in [0.1, 0.15) is 46.0 Å². The Balaban J connectivity index is 1.64. The molecule has 12 atom stereocenters. The van der Waals surface area contributed by atoms with Gasteiger partial charge < -0.3 is 24.8 Å². The molecule has 6 rings (SSSR count). The van der Waals surface area contributed by atoms with E-state index in [-0.39, 0.29) is 35.5 Å². The Morgan fingerprint density at radius 1 is 1.14 bits per heavy atom. The fourth-order valence-electron chi connectivity index (χ4n) is 10.4. The zero-order valence-electron chi connectivity index (χ0n) is 18.2. The van der Waals surface area contributed by atoms with Crippen LogP contribution in [0.5, 0.6) is 0 Å². The van der Waals surface area contributed by atoms with E-state index in [2.05, 4.69) is 18.7 Å². The van der Waals surface area contributed by atoms with Crippen LogP contribution in [0, 0.1) is 34.5 Å². The van der Waals surface area contributed by atoms with E-state index >= 15 is 0 Å². The molecule has 0 aromatic rings. The second-order valence-electron chi connectivity index (χ2n) is 11.5. The first kappa shape index (κ1) is 19.4. The standard InChI is InChI=1S/C23H37NO5/c1-5-24-11-20(2)7-6-16(29-4)23-15(20)8-13(19(23)24)21(26)10-14(28-3)12-9-22(23,27)18(21)17(12)25/h12-19,25-27H,5-11H2,1-4H3. The molecule has 6 nitrogen and oxygen atoms in total. The van der Waals surface area contributed by atoms with Gasteiger partial charge in [-0.05, 0) is 43.6 Å². The summed E-state index contributed by atoms with van der Waals surface area (Å²) in [5, 5.41) is 36.3. The lowest BCUT2D eigenvalue weighted by molar-refractivity contribution is -0.324. The number of methoxy groups -OCH3 is 2. The van der Waals surface area contributed by atoms with Gasteiger partial charge in [-0.15, -0.1) is 0 Å². The summed E-state index contributed by atoms with van der Waals surface area (Å²) in [6.07, 6.45) is 3.03. The smallest absolute Gasteiger partial charge is 0.0831 e. The maximum atomic E-state index is 12.7. The van der Waals surface area contributed by atoms with Gasteiger partial charge in [-0.1, -0.05) is 13.8 Å². The number of piperidine rings is 1. The van der Waals surface area contributed by atoms with Gasteiger partial charge in [0.1, 0.15) is 0 Å². The summed E-state index contributed by atoms with van der Waals surface area (Å²) in [4.78, 5) is 2.55. The minimum absolute atomic E-state index is 0.0352. The summed E-state index contributed by atoms with van der Waals surface area (Å²) in [6, 6.07) is 0.101. The van der Waals surface area contributed by atoms with Crippen molar-refractivity contribution in [2.45, 2.75) is 81.5 Å². The van der Waals surface area contributed by atoms with E-state index in [1.165, 1.54) is 0 Å². The number of aliphatic hydroxyl groups excluding tert-OH is 1. The van der Waals surface area contributed by atoms with Gasteiger partial charge in [-0.25, -0.2) is 0 Å². The first-order valence-electron chi connectivity index (χ1n) is 11.7. The lowest BCUT2D eigenvalue weighted by atomic mass is 9.41. The first-order chi connectivity index (χ1) is 13.7. The van der Waals surface area contributed by atoms with Gasteiger partial charge in [0, 0.05) is 56.4 Å². The molecule has 7 bridgehead atoms. The van der Waals surface area contributed by atoms with Crippen LogP contribution in [0.4, 0.5) is 0 Å². The minimum Gasteiger partial charge on any atom is -0.392 e. The molecule has 6 fully saturated rings. The van der Waals surface area contributed by atoms with Crippen molar-refractivity contribution in [1.29, 1.82) is 0 Å². The molecule has 5 aliphatic carbocycles.